The lowest BCUT2D eigenvalue weighted by Gasteiger charge is -2.14. The highest BCUT2D eigenvalue weighted by molar-refractivity contribution is 7.93. The Bertz CT molecular complexity index is 971. The van der Waals surface area contributed by atoms with E-state index in [1.807, 2.05) is 0 Å². The third-order valence-corrected chi connectivity index (χ3v) is 5.08. The van der Waals surface area contributed by atoms with Crippen LogP contribution in [0.5, 0.6) is 11.5 Å². The largest absolute Gasteiger partial charge is 0.495 e. The van der Waals surface area contributed by atoms with Gasteiger partial charge in [-0.25, -0.2) is 16.8 Å². The molecule has 0 aliphatic rings. The second kappa shape index (κ2) is 7.19. The number of hydrogen-bond acceptors (Lipinski definition) is 6. The van der Waals surface area contributed by atoms with Crippen LogP contribution in [0.25, 0.3) is 0 Å². The molecule has 0 spiro atoms. The zero-order chi connectivity index (χ0) is 18.7. The molecule has 8 nitrogen and oxygen atoms in total. The van der Waals surface area contributed by atoms with Gasteiger partial charge in [0, 0.05) is 0 Å². The van der Waals surface area contributed by atoms with E-state index in [0.29, 0.717) is 5.75 Å². The van der Waals surface area contributed by atoms with Gasteiger partial charge in [0.25, 0.3) is 10.0 Å². The zero-order valence-electron chi connectivity index (χ0n) is 13.8. The number of para-hydroxylation sites is 2. The summed E-state index contributed by atoms with van der Waals surface area (Å²) in [5.74, 6) is 0.552. The van der Waals surface area contributed by atoms with Crippen molar-refractivity contribution >= 4 is 31.4 Å². The molecule has 0 saturated heterocycles. The normalized spacial score (nSPS) is 11.6. The fourth-order valence-electron chi connectivity index (χ4n) is 2.07. The third kappa shape index (κ3) is 4.77. The van der Waals surface area contributed by atoms with Crippen LogP contribution in [0.3, 0.4) is 0 Å². The molecule has 2 N–H and O–H groups in total. The van der Waals surface area contributed by atoms with Crippen molar-refractivity contribution in [1.82, 2.24) is 0 Å². The molecule has 0 amide bonds. The molecule has 0 radical (unpaired) electrons. The standard InChI is InChI=1S/C15H18N2O6S2/c1-22-14-7-5-4-6-12(14)17-25(20,21)11-8-9-15(23-2)13(10-11)16-24(3,18)19/h4-10,16-17H,1-3H3. The van der Waals surface area contributed by atoms with Gasteiger partial charge >= 0.3 is 0 Å². The number of nitrogens with one attached hydrogen (secondary N) is 2. The van der Waals surface area contributed by atoms with Gasteiger partial charge in [-0.05, 0) is 30.3 Å². The van der Waals surface area contributed by atoms with Crippen molar-refractivity contribution in [2.75, 3.05) is 29.9 Å². The number of ether oxygens (including phenoxy) is 2. The summed E-state index contributed by atoms with van der Waals surface area (Å²) in [6.45, 7) is 0. The molecule has 2 aromatic rings. The SMILES string of the molecule is COc1ccc(S(=O)(=O)Nc2ccccc2OC)cc1NS(C)(=O)=O. The maximum Gasteiger partial charge on any atom is 0.262 e. The van der Waals surface area contributed by atoms with Gasteiger partial charge in [-0.3, -0.25) is 9.44 Å². The topological polar surface area (TPSA) is 111 Å². The van der Waals surface area contributed by atoms with Gasteiger partial charge in [0.1, 0.15) is 11.5 Å². The molecule has 0 atom stereocenters. The number of anilines is 2. The van der Waals surface area contributed by atoms with Crippen LogP contribution in [0.2, 0.25) is 0 Å². The minimum atomic E-state index is -3.97. The first kappa shape index (κ1) is 18.9. The van der Waals surface area contributed by atoms with E-state index in [4.69, 9.17) is 9.47 Å². The maximum atomic E-state index is 12.6. The molecule has 2 aromatic carbocycles. The molecule has 0 aliphatic carbocycles. The van der Waals surface area contributed by atoms with Gasteiger partial charge < -0.3 is 9.47 Å². The molecule has 0 unspecified atom stereocenters. The van der Waals surface area contributed by atoms with Gasteiger partial charge in [-0.15, -0.1) is 0 Å². The summed E-state index contributed by atoms with van der Waals surface area (Å²) in [7, 11) is -4.80. The Kier molecular flexibility index (Phi) is 5.43. The highest BCUT2D eigenvalue weighted by atomic mass is 32.2. The Morgan fingerprint density at radius 2 is 1.40 bits per heavy atom. The lowest BCUT2D eigenvalue weighted by molar-refractivity contribution is 0.416. The highest BCUT2D eigenvalue weighted by Crippen LogP contribution is 2.31. The summed E-state index contributed by atoms with van der Waals surface area (Å²) in [4.78, 5) is -0.134. The van der Waals surface area contributed by atoms with Crippen molar-refractivity contribution in [3.8, 4) is 11.5 Å². The maximum absolute atomic E-state index is 12.6. The summed E-state index contributed by atoms with van der Waals surface area (Å²) in [6.07, 6.45) is 0.959. The van der Waals surface area contributed by atoms with Crippen molar-refractivity contribution in [3.63, 3.8) is 0 Å². The van der Waals surface area contributed by atoms with Crippen molar-refractivity contribution in [2.24, 2.45) is 0 Å². The van der Waals surface area contributed by atoms with E-state index >= 15 is 0 Å². The third-order valence-electron chi connectivity index (χ3n) is 3.13. The van der Waals surface area contributed by atoms with Gasteiger partial charge in [0.05, 0.1) is 36.7 Å². The van der Waals surface area contributed by atoms with Gasteiger partial charge in [0.2, 0.25) is 10.0 Å². The van der Waals surface area contributed by atoms with Crippen LogP contribution in [0.15, 0.2) is 47.4 Å². The Balaban J connectivity index is 2.44. The predicted octanol–water partition coefficient (Wildman–Crippen LogP) is 1.88. The Hall–Kier alpha value is -2.46. The average Bonchev–Trinajstić information content (AvgIpc) is 2.53. The smallest absolute Gasteiger partial charge is 0.262 e. The molecule has 0 fully saturated rings. The first-order valence-corrected chi connectivity index (χ1v) is 10.4. The quantitative estimate of drug-likeness (QED) is 0.752. The van der Waals surface area contributed by atoms with Gasteiger partial charge in [0.15, 0.2) is 0 Å². The van der Waals surface area contributed by atoms with E-state index in [-0.39, 0.29) is 22.0 Å². The van der Waals surface area contributed by atoms with Crippen LogP contribution < -0.4 is 18.9 Å². The number of sulfonamides is 2. The molecule has 0 saturated carbocycles. The minimum absolute atomic E-state index is 0.0212. The van der Waals surface area contributed by atoms with Crippen LogP contribution >= 0.6 is 0 Å². The van der Waals surface area contributed by atoms with Crippen LogP contribution in [0.4, 0.5) is 11.4 Å². The predicted molar refractivity (Wildman–Crippen MR) is 95.3 cm³/mol. The minimum Gasteiger partial charge on any atom is -0.495 e. The van der Waals surface area contributed by atoms with E-state index in [2.05, 4.69) is 9.44 Å². The number of hydrogen-bond donors (Lipinski definition) is 2. The first-order valence-electron chi connectivity index (χ1n) is 6.98. The van der Waals surface area contributed by atoms with E-state index in [1.54, 1.807) is 24.3 Å². The fraction of sp³-hybridized carbons (Fsp3) is 0.200. The van der Waals surface area contributed by atoms with Crippen LogP contribution in [-0.2, 0) is 20.0 Å². The Morgan fingerprint density at radius 1 is 0.800 bits per heavy atom. The fourth-order valence-corrected chi connectivity index (χ4v) is 3.72. The van der Waals surface area contributed by atoms with Crippen LogP contribution in [-0.4, -0.2) is 37.3 Å². The first-order chi connectivity index (χ1) is 11.7. The molecule has 25 heavy (non-hydrogen) atoms. The number of benzene rings is 2. The van der Waals surface area contributed by atoms with Crippen molar-refractivity contribution < 1.29 is 26.3 Å². The van der Waals surface area contributed by atoms with E-state index in [1.165, 1.54) is 32.4 Å². The average molecular weight is 386 g/mol. The Labute approximate surface area is 146 Å². The van der Waals surface area contributed by atoms with E-state index in [9.17, 15) is 16.8 Å². The molecule has 10 heteroatoms. The van der Waals surface area contributed by atoms with Crippen LogP contribution in [0, 0.1) is 0 Å². The van der Waals surface area contributed by atoms with Crippen molar-refractivity contribution in [2.45, 2.75) is 4.90 Å². The summed E-state index contributed by atoms with van der Waals surface area (Å²) in [5.41, 5.74) is 0.284. The summed E-state index contributed by atoms with van der Waals surface area (Å²) in [5, 5.41) is 0. The molecular weight excluding hydrogens is 368 g/mol. The molecule has 0 heterocycles. The molecule has 2 rings (SSSR count). The van der Waals surface area contributed by atoms with E-state index < -0.39 is 20.0 Å². The van der Waals surface area contributed by atoms with Gasteiger partial charge in [-0.1, -0.05) is 12.1 Å². The summed E-state index contributed by atoms with van der Waals surface area (Å²) >= 11 is 0. The lowest BCUT2D eigenvalue weighted by atomic mass is 10.3. The van der Waals surface area contributed by atoms with Gasteiger partial charge in [-0.2, -0.15) is 0 Å². The van der Waals surface area contributed by atoms with Crippen molar-refractivity contribution in [3.05, 3.63) is 42.5 Å². The van der Waals surface area contributed by atoms with E-state index in [0.717, 1.165) is 6.26 Å². The Morgan fingerprint density at radius 3 is 2.00 bits per heavy atom. The second-order valence-electron chi connectivity index (χ2n) is 5.04. The number of rotatable bonds is 7. The molecular formula is C15H18N2O6S2. The highest BCUT2D eigenvalue weighted by Gasteiger charge is 2.19. The van der Waals surface area contributed by atoms with Crippen LogP contribution in [0.1, 0.15) is 0 Å². The summed E-state index contributed by atoms with van der Waals surface area (Å²) in [6, 6.07) is 10.4. The zero-order valence-corrected chi connectivity index (χ0v) is 15.4. The summed E-state index contributed by atoms with van der Waals surface area (Å²) < 4.78 is 62.9. The lowest BCUT2D eigenvalue weighted by Crippen LogP contribution is -2.15. The molecule has 136 valence electrons. The monoisotopic (exact) mass is 386 g/mol. The molecule has 0 bridgehead atoms. The second-order valence-corrected chi connectivity index (χ2v) is 8.47. The molecule has 0 aromatic heterocycles. The number of methoxy groups -OCH3 is 2. The molecule has 0 aliphatic heterocycles. The van der Waals surface area contributed by atoms with Crippen molar-refractivity contribution in [1.29, 1.82) is 0 Å².